The third kappa shape index (κ3) is 9.88. The van der Waals surface area contributed by atoms with Crippen LogP contribution in [-0.4, -0.2) is 67.2 Å². The summed E-state index contributed by atoms with van der Waals surface area (Å²) in [5, 5.41) is 0.0359. The minimum atomic E-state index is -1.96. The van der Waals surface area contributed by atoms with E-state index in [0.717, 1.165) is 0 Å². The van der Waals surface area contributed by atoms with E-state index in [1.54, 1.807) is 36.4 Å². The van der Waals surface area contributed by atoms with Gasteiger partial charge in [-0.05, 0) is 60.7 Å². The van der Waals surface area contributed by atoms with Gasteiger partial charge in [-0.3, -0.25) is 0 Å². The highest BCUT2D eigenvalue weighted by Crippen LogP contribution is 2.34. The van der Waals surface area contributed by atoms with E-state index in [-0.39, 0.29) is 52.9 Å². The van der Waals surface area contributed by atoms with Gasteiger partial charge in [0.1, 0.15) is 12.7 Å². The van der Waals surface area contributed by atoms with Gasteiger partial charge >= 0.3 is 29.8 Å². The van der Waals surface area contributed by atoms with Gasteiger partial charge in [-0.15, -0.1) is 0 Å². The number of hydrogen-bond donors (Lipinski definition) is 0. The molecule has 6 rings (SSSR count). The highest BCUT2D eigenvalue weighted by Gasteiger charge is 2.55. The molecule has 0 bridgehead atoms. The molecule has 1 saturated heterocycles. The summed E-state index contributed by atoms with van der Waals surface area (Å²) in [6, 6.07) is 29.6. The summed E-state index contributed by atoms with van der Waals surface area (Å²) in [7, 11) is 0. The first kappa shape index (κ1) is 41.5. The van der Waals surface area contributed by atoms with Gasteiger partial charge in [0.05, 0.1) is 52.9 Å². The minimum absolute atomic E-state index is 0.00113. The Kier molecular flexibility index (Phi) is 13.7. The van der Waals surface area contributed by atoms with E-state index in [0.29, 0.717) is 0 Å². The Balaban J connectivity index is 1.47. The fourth-order valence-corrected chi connectivity index (χ4v) is 6.67. The van der Waals surface area contributed by atoms with Crippen molar-refractivity contribution in [3.8, 4) is 0 Å². The normalized spacial score (nSPS) is 18.8. The number of ether oxygens (including phenoxy) is 6. The minimum Gasteiger partial charge on any atom is -0.459 e. The SMILES string of the molecule is O=C(OC[C@H]1OC(OC(=O)c2ccccc2Cl)[C@H](OC(=O)c2ccccc2Cl)[C@@H](OC(=O)c2ccccc2Cl)[C@@H]1OC(=O)c1ccccc1Cl)c1ccccc1Cl. The monoisotopic (exact) mass is 870 g/mol. The van der Waals surface area contributed by atoms with E-state index in [4.69, 9.17) is 86.4 Å². The van der Waals surface area contributed by atoms with Gasteiger partial charge in [-0.25, -0.2) is 24.0 Å². The molecule has 5 aromatic rings. The van der Waals surface area contributed by atoms with Gasteiger partial charge in [-0.2, -0.15) is 0 Å². The fourth-order valence-electron chi connectivity index (χ4n) is 5.61. The Morgan fingerprint density at radius 3 is 1.07 bits per heavy atom. The first-order valence-corrected chi connectivity index (χ1v) is 18.7. The van der Waals surface area contributed by atoms with Crippen molar-refractivity contribution in [1.82, 2.24) is 0 Å². The summed E-state index contributed by atoms with van der Waals surface area (Å²) in [5.74, 6) is -5.17. The quantitative estimate of drug-likeness (QED) is 0.0926. The van der Waals surface area contributed by atoms with Crippen LogP contribution in [0, 0.1) is 0 Å². The molecule has 1 aliphatic heterocycles. The molecule has 11 nitrogen and oxygen atoms in total. The van der Waals surface area contributed by atoms with Gasteiger partial charge in [-0.1, -0.05) is 119 Å². The van der Waals surface area contributed by atoms with Crippen molar-refractivity contribution in [3.05, 3.63) is 174 Å². The maximum atomic E-state index is 13.9. The second-order valence-corrected chi connectivity index (χ2v) is 14.1. The van der Waals surface area contributed by atoms with Crippen molar-refractivity contribution in [2.75, 3.05) is 6.61 Å². The molecule has 0 N–H and O–H groups in total. The van der Waals surface area contributed by atoms with Crippen molar-refractivity contribution in [2.45, 2.75) is 30.7 Å². The van der Waals surface area contributed by atoms with Gasteiger partial charge in [0.25, 0.3) is 0 Å². The molecule has 1 unspecified atom stereocenters. The molecule has 1 heterocycles. The van der Waals surface area contributed by atoms with E-state index in [9.17, 15) is 24.0 Å². The van der Waals surface area contributed by atoms with Gasteiger partial charge in [0.2, 0.25) is 12.4 Å². The van der Waals surface area contributed by atoms with Crippen molar-refractivity contribution in [3.63, 3.8) is 0 Å². The van der Waals surface area contributed by atoms with Crippen LogP contribution in [-0.2, 0) is 28.4 Å². The summed E-state index contributed by atoms with van der Waals surface area (Å²) in [4.78, 5) is 68.6. The Morgan fingerprint density at radius 1 is 0.404 bits per heavy atom. The van der Waals surface area contributed by atoms with Crippen LogP contribution in [0.4, 0.5) is 0 Å². The summed E-state index contributed by atoms with van der Waals surface area (Å²) >= 11 is 31.6. The molecule has 292 valence electrons. The third-order valence-electron chi connectivity index (χ3n) is 8.39. The van der Waals surface area contributed by atoms with Crippen LogP contribution in [0.2, 0.25) is 25.1 Å². The Labute approximate surface area is 350 Å². The zero-order valence-corrected chi connectivity index (χ0v) is 32.8. The first-order valence-electron chi connectivity index (χ1n) is 16.8. The molecular formula is C41H27Cl5O11. The Morgan fingerprint density at radius 2 is 0.702 bits per heavy atom. The second-order valence-electron chi connectivity index (χ2n) is 12.1. The smallest absolute Gasteiger partial charge is 0.342 e. The number of hydrogen-bond acceptors (Lipinski definition) is 11. The van der Waals surface area contributed by atoms with Gasteiger partial charge in [0.15, 0.2) is 12.2 Å². The summed E-state index contributed by atoms with van der Waals surface area (Å²) in [5.41, 5.74) is -0.512. The molecular weight excluding hydrogens is 846 g/mol. The lowest BCUT2D eigenvalue weighted by molar-refractivity contribution is -0.282. The van der Waals surface area contributed by atoms with Crippen LogP contribution < -0.4 is 0 Å². The van der Waals surface area contributed by atoms with E-state index < -0.39 is 67.2 Å². The number of benzene rings is 5. The Bertz CT molecular complexity index is 2320. The zero-order valence-electron chi connectivity index (χ0n) is 29.0. The number of carbonyl (C=O) groups excluding carboxylic acids is 5. The van der Waals surface area contributed by atoms with Gasteiger partial charge < -0.3 is 28.4 Å². The molecule has 5 atom stereocenters. The van der Waals surface area contributed by atoms with Crippen LogP contribution in [0.1, 0.15) is 51.8 Å². The predicted molar refractivity (Wildman–Crippen MR) is 209 cm³/mol. The molecule has 0 aromatic heterocycles. The average molecular weight is 873 g/mol. The highest BCUT2D eigenvalue weighted by molar-refractivity contribution is 6.35. The Hall–Kier alpha value is -5.14. The molecule has 0 amide bonds. The first-order chi connectivity index (χ1) is 27.4. The molecule has 0 aliphatic carbocycles. The molecule has 1 aliphatic rings. The van der Waals surface area contributed by atoms with E-state index in [2.05, 4.69) is 0 Å². The van der Waals surface area contributed by atoms with Crippen LogP contribution >= 0.6 is 58.0 Å². The third-order valence-corrected chi connectivity index (χ3v) is 10.0. The van der Waals surface area contributed by atoms with Crippen LogP contribution in [0.15, 0.2) is 121 Å². The molecule has 0 spiro atoms. The summed E-state index contributed by atoms with van der Waals surface area (Å²) < 4.78 is 35.4. The van der Waals surface area contributed by atoms with Crippen LogP contribution in [0.5, 0.6) is 0 Å². The van der Waals surface area contributed by atoms with Gasteiger partial charge in [0, 0.05) is 0 Å². The largest absolute Gasteiger partial charge is 0.459 e. The number of esters is 5. The molecule has 0 radical (unpaired) electrons. The summed E-state index contributed by atoms with van der Waals surface area (Å²) in [6.45, 7) is -0.726. The standard InChI is InChI=1S/C41H27Cl5O11/c42-27-16-6-1-11-22(27)36(47)52-21-32-33(54-37(48)23-12-2-7-17-28(23)43)34(55-38(49)24-13-3-8-18-29(24)44)35(56-39(50)25-14-4-9-19-30(25)45)41(53-32)57-40(51)26-15-5-10-20-31(26)46/h1-20,32-35,41H,21H2/t32-,33-,34+,35-,41?/m1/s1. The van der Waals surface area contributed by atoms with Crippen molar-refractivity contribution < 1.29 is 52.4 Å². The van der Waals surface area contributed by atoms with E-state index >= 15 is 0 Å². The number of rotatable bonds is 11. The fraction of sp³-hybridized carbons (Fsp3) is 0.146. The van der Waals surface area contributed by atoms with Crippen LogP contribution in [0.3, 0.4) is 0 Å². The average Bonchev–Trinajstić information content (AvgIpc) is 3.19. The van der Waals surface area contributed by atoms with Crippen molar-refractivity contribution in [1.29, 1.82) is 0 Å². The predicted octanol–water partition coefficient (Wildman–Crippen LogP) is 9.37. The molecule has 1 fully saturated rings. The molecule has 0 saturated carbocycles. The van der Waals surface area contributed by atoms with Crippen LogP contribution in [0.25, 0.3) is 0 Å². The number of carbonyl (C=O) groups is 5. The van der Waals surface area contributed by atoms with Crippen molar-refractivity contribution in [2.24, 2.45) is 0 Å². The van der Waals surface area contributed by atoms with E-state index in [1.165, 1.54) is 84.9 Å². The maximum Gasteiger partial charge on any atom is 0.342 e. The topological polar surface area (TPSA) is 141 Å². The lowest BCUT2D eigenvalue weighted by Crippen LogP contribution is -2.63. The maximum absolute atomic E-state index is 13.9. The molecule has 57 heavy (non-hydrogen) atoms. The zero-order chi connectivity index (χ0) is 40.6. The number of halogens is 5. The van der Waals surface area contributed by atoms with E-state index in [1.807, 2.05) is 0 Å². The lowest BCUT2D eigenvalue weighted by Gasteiger charge is -2.44. The molecule has 16 heteroatoms. The highest BCUT2D eigenvalue weighted by atomic mass is 35.5. The van der Waals surface area contributed by atoms with Crippen molar-refractivity contribution >= 4 is 87.9 Å². The lowest BCUT2D eigenvalue weighted by atomic mass is 9.97. The summed E-state index contributed by atoms with van der Waals surface area (Å²) in [6.07, 6.45) is -9.13. The molecule has 5 aromatic carbocycles. The second kappa shape index (κ2) is 18.9.